The molecule has 1 spiro atoms. The molecule has 124 valence electrons. The van der Waals surface area contributed by atoms with Crippen LogP contribution in [-0.2, 0) is 11.3 Å². The van der Waals surface area contributed by atoms with Crippen LogP contribution in [0.3, 0.4) is 0 Å². The molecule has 2 fully saturated rings. The first-order valence-corrected chi connectivity index (χ1v) is 8.53. The third kappa shape index (κ3) is 2.69. The van der Waals surface area contributed by atoms with Gasteiger partial charge in [-0.1, -0.05) is 6.07 Å². The molecule has 2 aliphatic rings. The van der Waals surface area contributed by atoms with Gasteiger partial charge in [0, 0.05) is 25.0 Å². The summed E-state index contributed by atoms with van der Waals surface area (Å²) in [5, 5.41) is 0. The Bertz CT molecular complexity index is 738. The van der Waals surface area contributed by atoms with Crippen LogP contribution in [0.4, 0.5) is 5.69 Å². The second-order valence-corrected chi connectivity index (χ2v) is 6.93. The van der Waals surface area contributed by atoms with E-state index < -0.39 is 0 Å². The number of β-lactam (4-membered cyclic amide) rings is 1. The highest BCUT2D eigenvalue weighted by Gasteiger charge is 2.53. The molecule has 4 heterocycles. The molecule has 1 amide bonds. The number of hydrogen-bond acceptors (Lipinski definition) is 4. The largest absolute Gasteiger partial charge is 0.309 e. The average molecular weight is 322 g/mol. The van der Waals surface area contributed by atoms with Crippen LogP contribution in [0.2, 0.25) is 0 Å². The second kappa shape index (κ2) is 5.98. The Balaban J connectivity index is 1.36. The number of piperidine rings is 1. The molecule has 0 radical (unpaired) electrons. The van der Waals surface area contributed by atoms with E-state index in [1.165, 1.54) is 0 Å². The maximum atomic E-state index is 12.7. The molecule has 2 saturated heterocycles. The Kier molecular flexibility index (Phi) is 3.81. The molecule has 2 aromatic rings. The van der Waals surface area contributed by atoms with Crippen molar-refractivity contribution in [1.29, 1.82) is 0 Å². The maximum absolute atomic E-state index is 12.7. The molecule has 0 aromatic carbocycles. The monoisotopic (exact) mass is 322 g/mol. The van der Waals surface area contributed by atoms with Gasteiger partial charge in [0.25, 0.3) is 0 Å². The van der Waals surface area contributed by atoms with E-state index in [0.717, 1.165) is 56.1 Å². The Labute approximate surface area is 142 Å². The van der Waals surface area contributed by atoms with Gasteiger partial charge in [-0.25, -0.2) is 0 Å². The summed E-state index contributed by atoms with van der Waals surface area (Å²) in [6.07, 6.45) is 5.38. The molecular formula is C19H22N4O. The minimum absolute atomic E-state index is 0.146. The highest BCUT2D eigenvalue weighted by molar-refractivity contribution is 6.04. The van der Waals surface area contributed by atoms with Crippen LogP contribution < -0.4 is 4.90 Å². The number of amides is 1. The zero-order valence-electron chi connectivity index (χ0n) is 14.0. The predicted molar refractivity (Wildman–Crippen MR) is 92.5 cm³/mol. The lowest BCUT2D eigenvalue weighted by atomic mass is 9.71. The molecule has 0 unspecified atom stereocenters. The summed E-state index contributed by atoms with van der Waals surface area (Å²) in [4.78, 5) is 25.7. The van der Waals surface area contributed by atoms with Gasteiger partial charge in [-0.3, -0.25) is 19.7 Å². The molecule has 0 bridgehead atoms. The number of hydrogen-bond donors (Lipinski definition) is 0. The Morgan fingerprint density at radius 3 is 2.67 bits per heavy atom. The first kappa shape index (κ1) is 15.3. The lowest BCUT2D eigenvalue weighted by molar-refractivity contribution is -0.138. The average Bonchev–Trinajstić information content (AvgIpc) is 2.61. The van der Waals surface area contributed by atoms with E-state index in [0.29, 0.717) is 0 Å². The molecule has 5 nitrogen and oxygen atoms in total. The van der Waals surface area contributed by atoms with Gasteiger partial charge in [0.2, 0.25) is 5.91 Å². The van der Waals surface area contributed by atoms with Crippen LogP contribution in [-0.4, -0.2) is 40.4 Å². The Hall–Kier alpha value is -2.27. The van der Waals surface area contributed by atoms with Crippen molar-refractivity contribution in [3.63, 3.8) is 0 Å². The number of pyridine rings is 2. The van der Waals surface area contributed by atoms with Crippen molar-refractivity contribution in [3.8, 4) is 0 Å². The van der Waals surface area contributed by atoms with Crippen molar-refractivity contribution in [2.45, 2.75) is 26.3 Å². The van der Waals surface area contributed by atoms with Gasteiger partial charge in [0.15, 0.2) is 0 Å². The molecule has 0 saturated carbocycles. The van der Waals surface area contributed by atoms with E-state index in [-0.39, 0.29) is 11.3 Å². The Morgan fingerprint density at radius 2 is 2.00 bits per heavy atom. The van der Waals surface area contributed by atoms with Gasteiger partial charge in [0.05, 0.1) is 23.0 Å². The predicted octanol–water partition coefficient (Wildman–Crippen LogP) is 2.41. The maximum Gasteiger partial charge on any atom is 0.235 e. The van der Waals surface area contributed by atoms with Gasteiger partial charge in [-0.15, -0.1) is 0 Å². The van der Waals surface area contributed by atoms with Crippen LogP contribution >= 0.6 is 0 Å². The number of aryl methyl sites for hydroxylation is 1. The van der Waals surface area contributed by atoms with Crippen LogP contribution in [0, 0.1) is 12.3 Å². The van der Waals surface area contributed by atoms with Crippen molar-refractivity contribution in [2.24, 2.45) is 5.41 Å². The molecular weight excluding hydrogens is 300 g/mol. The molecule has 5 heteroatoms. The molecule has 0 N–H and O–H groups in total. The fourth-order valence-electron chi connectivity index (χ4n) is 3.79. The summed E-state index contributed by atoms with van der Waals surface area (Å²) in [6, 6.07) is 10.00. The fourth-order valence-corrected chi connectivity index (χ4v) is 3.79. The second-order valence-electron chi connectivity index (χ2n) is 6.93. The van der Waals surface area contributed by atoms with Crippen molar-refractivity contribution < 1.29 is 4.79 Å². The lowest BCUT2D eigenvalue weighted by Gasteiger charge is -2.52. The molecule has 4 rings (SSSR count). The minimum Gasteiger partial charge on any atom is -0.309 e. The molecule has 2 aliphatic heterocycles. The molecule has 0 aliphatic carbocycles. The van der Waals surface area contributed by atoms with E-state index in [1.807, 2.05) is 30.0 Å². The van der Waals surface area contributed by atoms with Gasteiger partial charge in [-0.2, -0.15) is 0 Å². The van der Waals surface area contributed by atoms with Gasteiger partial charge < -0.3 is 4.90 Å². The summed E-state index contributed by atoms with van der Waals surface area (Å²) in [5.74, 6) is 0.267. The van der Waals surface area contributed by atoms with Crippen molar-refractivity contribution in [3.05, 3.63) is 54.1 Å². The summed E-state index contributed by atoms with van der Waals surface area (Å²) in [7, 11) is 0. The minimum atomic E-state index is -0.146. The highest BCUT2D eigenvalue weighted by atomic mass is 16.2. The molecule has 24 heavy (non-hydrogen) atoms. The topological polar surface area (TPSA) is 49.3 Å². The SMILES string of the molecule is Cc1cccc(CN2CCC3(CC2)CN(c2cccnc2)C3=O)n1. The fraction of sp³-hybridized carbons (Fsp3) is 0.421. The normalized spacial score (nSPS) is 20.2. The summed E-state index contributed by atoms with van der Waals surface area (Å²) in [5.41, 5.74) is 2.94. The van der Waals surface area contributed by atoms with Crippen molar-refractivity contribution >= 4 is 11.6 Å². The summed E-state index contributed by atoms with van der Waals surface area (Å²) in [6.45, 7) is 5.64. The van der Waals surface area contributed by atoms with Crippen LogP contribution in [0.5, 0.6) is 0 Å². The van der Waals surface area contributed by atoms with Crippen LogP contribution in [0.1, 0.15) is 24.2 Å². The molecule has 0 atom stereocenters. The van der Waals surface area contributed by atoms with E-state index in [4.69, 9.17) is 0 Å². The van der Waals surface area contributed by atoms with E-state index >= 15 is 0 Å². The summed E-state index contributed by atoms with van der Waals surface area (Å²) >= 11 is 0. The number of likely N-dealkylation sites (tertiary alicyclic amines) is 1. The third-order valence-corrected chi connectivity index (χ3v) is 5.26. The number of anilines is 1. The number of carbonyl (C=O) groups is 1. The quantitative estimate of drug-likeness (QED) is 0.814. The van der Waals surface area contributed by atoms with Crippen LogP contribution in [0.25, 0.3) is 0 Å². The third-order valence-electron chi connectivity index (χ3n) is 5.26. The van der Waals surface area contributed by atoms with Gasteiger partial charge in [-0.05, 0) is 57.1 Å². The smallest absolute Gasteiger partial charge is 0.235 e. The van der Waals surface area contributed by atoms with Gasteiger partial charge >= 0.3 is 0 Å². The number of nitrogens with zero attached hydrogens (tertiary/aromatic N) is 4. The number of carbonyl (C=O) groups excluding carboxylic acids is 1. The summed E-state index contributed by atoms with van der Waals surface area (Å²) < 4.78 is 0. The first-order chi connectivity index (χ1) is 11.7. The number of rotatable bonds is 3. The zero-order chi connectivity index (χ0) is 16.6. The van der Waals surface area contributed by atoms with E-state index in [2.05, 4.69) is 27.0 Å². The first-order valence-electron chi connectivity index (χ1n) is 8.53. The molecule has 2 aromatic heterocycles. The van der Waals surface area contributed by atoms with E-state index in [1.54, 1.807) is 12.4 Å². The highest BCUT2D eigenvalue weighted by Crippen LogP contribution is 2.43. The standard InChI is InChI=1S/C19H22N4O/c1-15-4-2-5-16(21-15)13-22-10-7-19(8-11-22)14-23(18(19)24)17-6-3-9-20-12-17/h2-6,9,12H,7-8,10-11,13-14H2,1H3. The lowest BCUT2D eigenvalue weighted by Crippen LogP contribution is -2.65. The Morgan fingerprint density at radius 1 is 1.17 bits per heavy atom. The van der Waals surface area contributed by atoms with Gasteiger partial charge in [0.1, 0.15) is 0 Å². The van der Waals surface area contributed by atoms with Crippen molar-refractivity contribution in [1.82, 2.24) is 14.9 Å². The van der Waals surface area contributed by atoms with E-state index in [9.17, 15) is 4.79 Å². The van der Waals surface area contributed by atoms with Crippen LogP contribution in [0.15, 0.2) is 42.7 Å². The van der Waals surface area contributed by atoms with Crippen molar-refractivity contribution in [2.75, 3.05) is 24.5 Å². The number of aromatic nitrogens is 2. The zero-order valence-corrected chi connectivity index (χ0v) is 14.0.